The standard InChI is InChI=1S/C16H21ClN4O/c17-11-3-5-13-14(10-11)21-15(20-13)2-1-8-18-12-4-6-16(22)19-9-7-12/h3,5,10,12,18H,1-2,4,6-9H2,(H,19,22)(H,20,21)/t12-/m1/s1. The van der Waals surface area contributed by atoms with Crippen molar-refractivity contribution in [3.8, 4) is 0 Å². The van der Waals surface area contributed by atoms with Crippen LogP contribution in [-0.2, 0) is 11.2 Å². The van der Waals surface area contributed by atoms with Crippen molar-refractivity contribution in [2.45, 2.75) is 38.1 Å². The first kappa shape index (κ1) is 15.3. The van der Waals surface area contributed by atoms with Gasteiger partial charge in [-0.3, -0.25) is 4.79 Å². The number of H-pyrrole nitrogens is 1. The second kappa shape index (κ2) is 7.11. The van der Waals surface area contributed by atoms with E-state index in [2.05, 4.69) is 20.6 Å². The SMILES string of the molecule is O=C1CC[C@@H](NCCCc2nc3ccc(Cl)cc3[nH]2)CCN1. The molecule has 1 aliphatic rings. The van der Waals surface area contributed by atoms with Gasteiger partial charge in [-0.05, 0) is 44.0 Å². The average molecular weight is 321 g/mol. The molecule has 6 heteroatoms. The quantitative estimate of drug-likeness (QED) is 0.741. The minimum atomic E-state index is 0.172. The number of carbonyl (C=O) groups is 1. The van der Waals surface area contributed by atoms with E-state index in [1.54, 1.807) is 0 Å². The predicted octanol–water partition coefficient (Wildman–Crippen LogP) is 2.41. The van der Waals surface area contributed by atoms with Crippen molar-refractivity contribution in [1.29, 1.82) is 0 Å². The third-order valence-corrected chi connectivity index (χ3v) is 4.29. The zero-order chi connectivity index (χ0) is 15.4. The number of nitrogens with zero attached hydrogens (tertiary/aromatic N) is 1. The maximum atomic E-state index is 11.3. The molecule has 0 unspecified atom stereocenters. The van der Waals surface area contributed by atoms with Crippen molar-refractivity contribution in [3.05, 3.63) is 29.0 Å². The highest BCUT2D eigenvalue weighted by Gasteiger charge is 2.14. The fraction of sp³-hybridized carbons (Fsp3) is 0.500. The molecule has 22 heavy (non-hydrogen) atoms. The molecule has 1 saturated heterocycles. The Balaban J connectivity index is 1.45. The van der Waals surface area contributed by atoms with Gasteiger partial charge in [0.2, 0.25) is 5.91 Å². The fourth-order valence-electron chi connectivity index (χ4n) is 2.84. The molecule has 1 amide bonds. The zero-order valence-corrected chi connectivity index (χ0v) is 13.2. The number of amides is 1. The summed E-state index contributed by atoms with van der Waals surface area (Å²) in [6.07, 6.45) is 4.49. The van der Waals surface area contributed by atoms with E-state index in [1.165, 1.54) is 0 Å². The van der Waals surface area contributed by atoms with Gasteiger partial charge in [-0.1, -0.05) is 11.6 Å². The Morgan fingerprint density at radius 3 is 3.18 bits per heavy atom. The van der Waals surface area contributed by atoms with E-state index in [4.69, 9.17) is 11.6 Å². The smallest absolute Gasteiger partial charge is 0.220 e. The number of hydrogen-bond acceptors (Lipinski definition) is 3. The van der Waals surface area contributed by atoms with Crippen LogP contribution in [-0.4, -0.2) is 35.0 Å². The molecule has 1 aromatic carbocycles. The van der Waals surface area contributed by atoms with E-state index in [0.29, 0.717) is 12.5 Å². The first-order valence-corrected chi connectivity index (χ1v) is 8.23. The van der Waals surface area contributed by atoms with Gasteiger partial charge in [0, 0.05) is 30.5 Å². The summed E-state index contributed by atoms with van der Waals surface area (Å²) in [5.74, 6) is 1.17. The lowest BCUT2D eigenvalue weighted by atomic mass is 10.1. The maximum Gasteiger partial charge on any atom is 0.220 e. The Kier molecular flexibility index (Phi) is 4.95. The van der Waals surface area contributed by atoms with Crippen LogP contribution >= 0.6 is 11.6 Å². The summed E-state index contributed by atoms with van der Waals surface area (Å²) in [6, 6.07) is 6.14. The molecule has 0 spiro atoms. The van der Waals surface area contributed by atoms with Gasteiger partial charge in [-0.15, -0.1) is 0 Å². The largest absolute Gasteiger partial charge is 0.356 e. The number of imidazole rings is 1. The van der Waals surface area contributed by atoms with Crippen LogP contribution in [0.4, 0.5) is 0 Å². The fourth-order valence-corrected chi connectivity index (χ4v) is 3.02. The molecule has 3 rings (SSSR count). The lowest BCUT2D eigenvalue weighted by Crippen LogP contribution is -2.31. The lowest BCUT2D eigenvalue weighted by molar-refractivity contribution is -0.120. The van der Waals surface area contributed by atoms with Crippen molar-refractivity contribution < 1.29 is 4.79 Å². The van der Waals surface area contributed by atoms with Crippen LogP contribution in [0.3, 0.4) is 0 Å². The molecule has 3 N–H and O–H groups in total. The zero-order valence-electron chi connectivity index (χ0n) is 12.5. The van der Waals surface area contributed by atoms with E-state index >= 15 is 0 Å². The van der Waals surface area contributed by atoms with Crippen LogP contribution in [0.1, 0.15) is 31.5 Å². The lowest BCUT2D eigenvalue weighted by Gasteiger charge is -2.14. The number of benzene rings is 1. The maximum absolute atomic E-state index is 11.3. The number of halogens is 1. The van der Waals surface area contributed by atoms with Gasteiger partial charge in [0.25, 0.3) is 0 Å². The molecule has 1 aliphatic heterocycles. The van der Waals surface area contributed by atoms with Crippen LogP contribution in [0.5, 0.6) is 0 Å². The second-order valence-corrected chi connectivity index (χ2v) is 6.21. The summed E-state index contributed by atoms with van der Waals surface area (Å²) in [4.78, 5) is 19.2. The van der Waals surface area contributed by atoms with E-state index in [9.17, 15) is 4.79 Å². The Morgan fingerprint density at radius 2 is 2.27 bits per heavy atom. The van der Waals surface area contributed by atoms with Gasteiger partial charge >= 0.3 is 0 Å². The van der Waals surface area contributed by atoms with Gasteiger partial charge in [0.15, 0.2) is 0 Å². The summed E-state index contributed by atoms with van der Waals surface area (Å²) in [5, 5.41) is 7.17. The highest BCUT2D eigenvalue weighted by Crippen LogP contribution is 2.17. The van der Waals surface area contributed by atoms with Gasteiger partial charge in [0.1, 0.15) is 5.82 Å². The molecule has 118 valence electrons. The van der Waals surface area contributed by atoms with E-state index in [0.717, 1.165) is 60.7 Å². The van der Waals surface area contributed by atoms with Gasteiger partial charge in [-0.25, -0.2) is 4.98 Å². The summed E-state index contributed by atoms with van der Waals surface area (Å²) in [7, 11) is 0. The number of aromatic nitrogens is 2. The first-order chi connectivity index (χ1) is 10.7. The van der Waals surface area contributed by atoms with Crippen molar-refractivity contribution in [2.24, 2.45) is 0 Å². The van der Waals surface area contributed by atoms with Crippen LogP contribution in [0.2, 0.25) is 5.02 Å². The molecule has 0 radical (unpaired) electrons. The summed E-state index contributed by atoms with van der Waals surface area (Å²) in [5.41, 5.74) is 1.95. The first-order valence-electron chi connectivity index (χ1n) is 7.85. The molecule has 1 fully saturated rings. The second-order valence-electron chi connectivity index (χ2n) is 5.78. The minimum absolute atomic E-state index is 0.172. The Morgan fingerprint density at radius 1 is 1.36 bits per heavy atom. The highest BCUT2D eigenvalue weighted by atomic mass is 35.5. The number of aryl methyl sites for hydroxylation is 1. The molecule has 0 aliphatic carbocycles. The number of nitrogens with one attached hydrogen (secondary N) is 3. The minimum Gasteiger partial charge on any atom is -0.356 e. The van der Waals surface area contributed by atoms with Gasteiger partial charge < -0.3 is 15.6 Å². The number of fused-ring (bicyclic) bond motifs is 1. The van der Waals surface area contributed by atoms with Crippen molar-refractivity contribution in [1.82, 2.24) is 20.6 Å². The van der Waals surface area contributed by atoms with Crippen LogP contribution in [0.25, 0.3) is 11.0 Å². The Bertz CT molecular complexity index is 655. The molecule has 2 aromatic rings. The van der Waals surface area contributed by atoms with Gasteiger partial charge in [0.05, 0.1) is 11.0 Å². The molecule has 5 nitrogen and oxygen atoms in total. The van der Waals surface area contributed by atoms with E-state index in [1.807, 2.05) is 18.2 Å². The van der Waals surface area contributed by atoms with E-state index < -0.39 is 0 Å². The third kappa shape index (κ3) is 3.99. The molecule has 1 aromatic heterocycles. The Labute approximate surface area is 134 Å². The van der Waals surface area contributed by atoms with Gasteiger partial charge in [-0.2, -0.15) is 0 Å². The molecule has 2 heterocycles. The number of carbonyl (C=O) groups excluding carboxylic acids is 1. The molecule has 0 bridgehead atoms. The van der Waals surface area contributed by atoms with Crippen LogP contribution in [0.15, 0.2) is 18.2 Å². The van der Waals surface area contributed by atoms with Crippen LogP contribution in [0, 0.1) is 0 Å². The third-order valence-electron chi connectivity index (χ3n) is 4.05. The van der Waals surface area contributed by atoms with Crippen molar-refractivity contribution >= 4 is 28.5 Å². The number of rotatable bonds is 5. The normalized spacial score (nSPS) is 19.1. The number of hydrogen-bond donors (Lipinski definition) is 3. The topological polar surface area (TPSA) is 69.8 Å². The highest BCUT2D eigenvalue weighted by molar-refractivity contribution is 6.31. The average Bonchev–Trinajstić information content (AvgIpc) is 2.78. The van der Waals surface area contributed by atoms with E-state index in [-0.39, 0.29) is 5.91 Å². The van der Waals surface area contributed by atoms with Crippen molar-refractivity contribution in [3.63, 3.8) is 0 Å². The van der Waals surface area contributed by atoms with Crippen LogP contribution < -0.4 is 10.6 Å². The summed E-state index contributed by atoms with van der Waals surface area (Å²) >= 11 is 5.98. The van der Waals surface area contributed by atoms with Crippen molar-refractivity contribution in [2.75, 3.05) is 13.1 Å². The molecule has 1 atom stereocenters. The molecular formula is C16H21ClN4O. The number of aromatic amines is 1. The Hall–Kier alpha value is -1.59. The molecular weight excluding hydrogens is 300 g/mol. The summed E-state index contributed by atoms with van der Waals surface area (Å²) in [6.45, 7) is 1.72. The molecule has 0 saturated carbocycles. The monoisotopic (exact) mass is 320 g/mol. The summed E-state index contributed by atoms with van der Waals surface area (Å²) < 4.78 is 0. The predicted molar refractivity (Wildman–Crippen MR) is 88.1 cm³/mol.